The van der Waals surface area contributed by atoms with E-state index in [-0.39, 0.29) is 5.91 Å². The fourth-order valence-corrected chi connectivity index (χ4v) is 3.56. The van der Waals surface area contributed by atoms with Crippen molar-refractivity contribution in [1.82, 2.24) is 15.2 Å². The quantitative estimate of drug-likeness (QED) is 0.518. The number of nitrogens with one attached hydrogen (secondary N) is 3. The van der Waals surface area contributed by atoms with Crippen molar-refractivity contribution in [2.45, 2.75) is 12.8 Å². The summed E-state index contributed by atoms with van der Waals surface area (Å²) in [7, 11) is 1.65. The van der Waals surface area contributed by atoms with Crippen LogP contribution in [-0.4, -0.2) is 28.2 Å². The van der Waals surface area contributed by atoms with Crippen molar-refractivity contribution < 1.29 is 9.53 Å². The number of methoxy groups -OCH3 is 1. The highest BCUT2D eigenvalue weighted by Gasteiger charge is 2.17. The number of ether oxygens (including phenoxy) is 1. The van der Waals surface area contributed by atoms with E-state index >= 15 is 0 Å². The van der Waals surface area contributed by atoms with Gasteiger partial charge in [-0.15, -0.1) is 0 Å². The minimum Gasteiger partial charge on any atom is -0.496 e. The summed E-state index contributed by atoms with van der Waals surface area (Å²) in [6, 6.07) is 11.7. The van der Waals surface area contributed by atoms with E-state index in [1.165, 1.54) is 0 Å². The molecule has 7 nitrogen and oxygen atoms in total. The molecule has 2 aromatic heterocycles. The molecule has 4 aromatic rings. The largest absolute Gasteiger partial charge is 0.496 e. The smallest absolute Gasteiger partial charge is 0.224 e. The van der Waals surface area contributed by atoms with Gasteiger partial charge in [0.1, 0.15) is 11.3 Å². The number of pyridine rings is 1. The molecule has 0 unspecified atom stereocenters. The van der Waals surface area contributed by atoms with Crippen molar-refractivity contribution in [3.63, 3.8) is 0 Å². The van der Waals surface area contributed by atoms with E-state index in [0.717, 1.165) is 50.9 Å². The van der Waals surface area contributed by atoms with E-state index in [2.05, 4.69) is 20.8 Å². The Kier molecular flexibility index (Phi) is 3.46. The number of rotatable bonds is 3. The first-order valence-corrected chi connectivity index (χ1v) is 8.72. The topological polar surface area (TPSA) is 91.9 Å². The van der Waals surface area contributed by atoms with Crippen molar-refractivity contribution in [2.24, 2.45) is 0 Å². The lowest BCUT2D eigenvalue weighted by atomic mass is 10.0. The van der Waals surface area contributed by atoms with Gasteiger partial charge in [0.05, 0.1) is 24.2 Å². The summed E-state index contributed by atoms with van der Waals surface area (Å²) in [5.41, 5.74) is 4.45. The Morgan fingerprint density at radius 1 is 1.19 bits per heavy atom. The molecule has 1 aliphatic rings. The van der Waals surface area contributed by atoms with Gasteiger partial charge in [-0.2, -0.15) is 5.10 Å². The molecule has 5 rings (SSSR count). The van der Waals surface area contributed by atoms with Crippen molar-refractivity contribution in [3.05, 3.63) is 48.2 Å². The summed E-state index contributed by atoms with van der Waals surface area (Å²) in [6.07, 6.45) is 3.07. The molecule has 3 N–H and O–H groups in total. The molecule has 0 radical (unpaired) electrons. The number of carbonyl (C=O) groups is 1. The minimum absolute atomic E-state index is 0.0477. The number of nitrogens with zero attached hydrogens (tertiary/aromatic N) is 2. The molecule has 7 heteroatoms. The van der Waals surface area contributed by atoms with Gasteiger partial charge in [0.2, 0.25) is 5.91 Å². The fourth-order valence-electron chi connectivity index (χ4n) is 3.56. The van der Waals surface area contributed by atoms with Crippen LogP contribution >= 0.6 is 0 Å². The second kappa shape index (κ2) is 5.98. The van der Waals surface area contributed by atoms with Crippen LogP contribution in [0.2, 0.25) is 0 Å². The molecule has 0 aliphatic carbocycles. The van der Waals surface area contributed by atoms with E-state index in [9.17, 15) is 4.79 Å². The number of hydrogen-bond donors (Lipinski definition) is 3. The molecule has 1 amide bonds. The van der Waals surface area contributed by atoms with Crippen LogP contribution in [0.25, 0.3) is 21.8 Å². The molecule has 2 aromatic carbocycles. The molecule has 0 atom stereocenters. The van der Waals surface area contributed by atoms with Crippen molar-refractivity contribution >= 4 is 44.9 Å². The standard InChI is InChI=1S/C20H17N5O2/c1-27-16-4-2-3-14-18(16)13-10-21-25-19(13)20(24-14)22-12-7-5-11-6-8-17(26)23-15(11)9-12/h2-5,7,9-10H,6,8H2,1H3,(H,21,25)(H,22,24)(H,23,26). The van der Waals surface area contributed by atoms with E-state index in [0.29, 0.717) is 12.2 Å². The Morgan fingerprint density at radius 3 is 3.00 bits per heavy atom. The Hall–Kier alpha value is -3.61. The lowest BCUT2D eigenvalue weighted by Gasteiger charge is -2.18. The van der Waals surface area contributed by atoms with Crippen LogP contribution in [0.1, 0.15) is 12.0 Å². The number of aromatic amines is 1. The first kappa shape index (κ1) is 15.6. The van der Waals surface area contributed by atoms with Crippen LogP contribution < -0.4 is 15.4 Å². The van der Waals surface area contributed by atoms with E-state index < -0.39 is 0 Å². The number of amides is 1. The normalized spacial score (nSPS) is 13.4. The van der Waals surface area contributed by atoms with Gasteiger partial charge in [-0.05, 0) is 36.2 Å². The maximum atomic E-state index is 11.7. The lowest BCUT2D eigenvalue weighted by molar-refractivity contribution is -0.116. The van der Waals surface area contributed by atoms with Gasteiger partial charge < -0.3 is 15.4 Å². The van der Waals surface area contributed by atoms with Gasteiger partial charge in [0.25, 0.3) is 0 Å². The van der Waals surface area contributed by atoms with Crippen molar-refractivity contribution in [3.8, 4) is 5.75 Å². The van der Waals surface area contributed by atoms with Crippen LogP contribution in [-0.2, 0) is 11.2 Å². The summed E-state index contributed by atoms with van der Waals surface area (Å²) >= 11 is 0. The Balaban J connectivity index is 1.62. The van der Waals surface area contributed by atoms with Gasteiger partial charge >= 0.3 is 0 Å². The molecule has 0 bridgehead atoms. The van der Waals surface area contributed by atoms with Crippen LogP contribution in [0.4, 0.5) is 17.2 Å². The Labute approximate surface area is 154 Å². The van der Waals surface area contributed by atoms with Gasteiger partial charge in [-0.1, -0.05) is 12.1 Å². The number of hydrogen-bond acceptors (Lipinski definition) is 5. The third-order valence-electron chi connectivity index (χ3n) is 4.87. The molecule has 0 fully saturated rings. The van der Waals surface area contributed by atoms with Crippen molar-refractivity contribution in [2.75, 3.05) is 17.7 Å². The average Bonchev–Trinajstić information content (AvgIpc) is 3.17. The van der Waals surface area contributed by atoms with E-state index in [1.807, 2.05) is 36.4 Å². The molecule has 1 aliphatic heterocycles. The maximum Gasteiger partial charge on any atom is 0.224 e. The van der Waals surface area contributed by atoms with Gasteiger partial charge in [0.15, 0.2) is 5.82 Å². The van der Waals surface area contributed by atoms with Crippen molar-refractivity contribution in [1.29, 1.82) is 0 Å². The summed E-state index contributed by atoms with van der Waals surface area (Å²) in [6.45, 7) is 0. The predicted molar refractivity (Wildman–Crippen MR) is 105 cm³/mol. The molecule has 3 heterocycles. The number of carbonyl (C=O) groups excluding carboxylic acids is 1. The summed E-state index contributed by atoms with van der Waals surface area (Å²) < 4.78 is 5.49. The minimum atomic E-state index is 0.0477. The van der Waals surface area contributed by atoms with Crippen LogP contribution in [0.5, 0.6) is 5.75 Å². The fraction of sp³-hybridized carbons (Fsp3) is 0.150. The summed E-state index contributed by atoms with van der Waals surface area (Å²) in [4.78, 5) is 16.4. The molecule has 0 saturated heterocycles. The van der Waals surface area contributed by atoms with Crippen LogP contribution in [0, 0.1) is 0 Å². The highest BCUT2D eigenvalue weighted by molar-refractivity contribution is 6.11. The number of anilines is 3. The molecule has 0 saturated carbocycles. The zero-order valence-electron chi connectivity index (χ0n) is 14.7. The molecule has 27 heavy (non-hydrogen) atoms. The highest BCUT2D eigenvalue weighted by atomic mass is 16.5. The second-order valence-electron chi connectivity index (χ2n) is 6.52. The van der Waals surface area contributed by atoms with Crippen LogP contribution in [0.15, 0.2) is 42.6 Å². The first-order chi connectivity index (χ1) is 13.2. The molecule has 134 valence electrons. The van der Waals surface area contributed by atoms with Gasteiger partial charge in [-0.3, -0.25) is 9.89 Å². The number of fused-ring (bicyclic) bond motifs is 4. The zero-order chi connectivity index (χ0) is 18.4. The Bertz CT molecular complexity index is 1200. The first-order valence-electron chi connectivity index (χ1n) is 8.72. The number of aromatic nitrogens is 3. The number of H-pyrrole nitrogens is 1. The molecular weight excluding hydrogens is 342 g/mol. The third kappa shape index (κ3) is 2.55. The van der Waals surface area contributed by atoms with Gasteiger partial charge in [-0.25, -0.2) is 4.98 Å². The summed E-state index contributed by atoms with van der Waals surface area (Å²) in [5, 5.41) is 15.4. The number of aryl methyl sites for hydroxylation is 1. The van der Waals surface area contributed by atoms with Crippen LogP contribution in [0.3, 0.4) is 0 Å². The highest BCUT2D eigenvalue weighted by Crippen LogP contribution is 2.35. The SMILES string of the molecule is COc1cccc2nc(Nc3ccc4c(c3)NC(=O)CC4)c3[nH]ncc3c12. The molecular formula is C20H17N5O2. The average molecular weight is 359 g/mol. The summed E-state index contributed by atoms with van der Waals surface area (Å²) in [5.74, 6) is 1.48. The van der Waals surface area contributed by atoms with E-state index in [4.69, 9.17) is 9.72 Å². The zero-order valence-corrected chi connectivity index (χ0v) is 14.7. The monoisotopic (exact) mass is 359 g/mol. The predicted octanol–water partition coefficient (Wildman–Crippen LogP) is 3.75. The Morgan fingerprint density at radius 2 is 2.11 bits per heavy atom. The maximum absolute atomic E-state index is 11.7. The van der Waals surface area contributed by atoms with Gasteiger partial charge in [0, 0.05) is 23.2 Å². The number of benzene rings is 2. The lowest BCUT2D eigenvalue weighted by Crippen LogP contribution is -2.18. The third-order valence-corrected chi connectivity index (χ3v) is 4.87. The molecule has 0 spiro atoms. The van der Waals surface area contributed by atoms with E-state index in [1.54, 1.807) is 13.3 Å². The second-order valence-corrected chi connectivity index (χ2v) is 6.52.